The number of rotatable bonds is 3. The van der Waals surface area contributed by atoms with Gasteiger partial charge in [-0.15, -0.1) is 11.3 Å². The van der Waals surface area contributed by atoms with Crippen molar-refractivity contribution in [3.8, 4) is 11.3 Å². The molecule has 1 heterocycles. The third kappa shape index (κ3) is 2.68. The van der Waals surface area contributed by atoms with Crippen LogP contribution in [0.25, 0.3) is 11.3 Å². The monoisotopic (exact) mass is 266 g/mol. The molecule has 0 fully saturated rings. The fourth-order valence-electron chi connectivity index (χ4n) is 1.52. The van der Waals surface area contributed by atoms with E-state index in [2.05, 4.69) is 18.8 Å². The predicted octanol–water partition coefficient (Wildman–Crippen LogP) is 4.12. The van der Waals surface area contributed by atoms with Gasteiger partial charge in [-0.2, -0.15) is 0 Å². The first-order chi connectivity index (χ1) is 8.09. The van der Waals surface area contributed by atoms with Crippen LogP contribution in [-0.2, 0) is 0 Å². The first kappa shape index (κ1) is 12.6. The number of benzene rings is 1. The van der Waals surface area contributed by atoms with Gasteiger partial charge in [-0.1, -0.05) is 43.6 Å². The SMILES string of the molecule is CC(C)C(N)c1nc(-c2ccccc2Cl)cs1. The van der Waals surface area contributed by atoms with Crippen LogP contribution in [0.1, 0.15) is 24.9 Å². The van der Waals surface area contributed by atoms with E-state index in [9.17, 15) is 0 Å². The number of hydrogen-bond acceptors (Lipinski definition) is 3. The summed E-state index contributed by atoms with van der Waals surface area (Å²) in [7, 11) is 0. The fourth-order valence-corrected chi connectivity index (χ4v) is 2.74. The van der Waals surface area contributed by atoms with Crippen molar-refractivity contribution in [2.75, 3.05) is 0 Å². The average Bonchev–Trinajstić information content (AvgIpc) is 2.77. The summed E-state index contributed by atoms with van der Waals surface area (Å²) >= 11 is 7.74. The van der Waals surface area contributed by atoms with E-state index in [-0.39, 0.29) is 6.04 Å². The van der Waals surface area contributed by atoms with Gasteiger partial charge in [-0.25, -0.2) is 4.98 Å². The molecule has 0 bridgehead atoms. The molecule has 2 nitrogen and oxygen atoms in total. The minimum Gasteiger partial charge on any atom is -0.322 e. The van der Waals surface area contributed by atoms with Crippen LogP contribution >= 0.6 is 22.9 Å². The topological polar surface area (TPSA) is 38.9 Å². The van der Waals surface area contributed by atoms with E-state index in [0.29, 0.717) is 5.92 Å². The summed E-state index contributed by atoms with van der Waals surface area (Å²) in [6.45, 7) is 4.20. The molecule has 0 spiro atoms. The summed E-state index contributed by atoms with van der Waals surface area (Å²) in [5.41, 5.74) is 7.96. The van der Waals surface area contributed by atoms with E-state index in [1.54, 1.807) is 11.3 Å². The van der Waals surface area contributed by atoms with Crippen molar-refractivity contribution in [2.24, 2.45) is 11.7 Å². The summed E-state index contributed by atoms with van der Waals surface area (Å²) in [4.78, 5) is 4.57. The van der Waals surface area contributed by atoms with Crippen LogP contribution in [-0.4, -0.2) is 4.98 Å². The second-order valence-corrected chi connectivity index (χ2v) is 5.62. The molecule has 0 aliphatic rings. The predicted molar refractivity (Wildman–Crippen MR) is 74.3 cm³/mol. The standard InChI is InChI=1S/C13H15ClN2S/c1-8(2)12(15)13-16-11(7-17-13)9-5-3-4-6-10(9)14/h3-8,12H,15H2,1-2H3. The lowest BCUT2D eigenvalue weighted by Gasteiger charge is -2.11. The Kier molecular flexibility index (Phi) is 3.82. The molecule has 4 heteroatoms. The number of thiazole rings is 1. The van der Waals surface area contributed by atoms with E-state index < -0.39 is 0 Å². The van der Waals surface area contributed by atoms with Gasteiger partial charge in [0.15, 0.2) is 0 Å². The van der Waals surface area contributed by atoms with E-state index in [4.69, 9.17) is 17.3 Å². The number of nitrogens with two attached hydrogens (primary N) is 1. The Hall–Kier alpha value is -0.900. The van der Waals surface area contributed by atoms with Gasteiger partial charge in [0.2, 0.25) is 0 Å². The van der Waals surface area contributed by atoms with Crippen molar-refractivity contribution in [1.82, 2.24) is 4.98 Å². The largest absolute Gasteiger partial charge is 0.322 e. The van der Waals surface area contributed by atoms with E-state index >= 15 is 0 Å². The molecule has 0 aliphatic heterocycles. The highest BCUT2D eigenvalue weighted by molar-refractivity contribution is 7.10. The van der Waals surface area contributed by atoms with Crippen molar-refractivity contribution in [1.29, 1.82) is 0 Å². The van der Waals surface area contributed by atoms with Crippen LogP contribution in [0.3, 0.4) is 0 Å². The number of aromatic nitrogens is 1. The molecule has 0 amide bonds. The highest BCUT2D eigenvalue weighted by atomic mass is 35.5. The minimum atomic E-state index is -0.00348. The first-order valence-corrected chi connectivity index (χ1v) is 6.81. The number of halogens is 1. The first-order valence-electron chi connectivity index (χ1n) is 5.55. The normalized spacial score (nSPS) is 13.0. The van der Waals surface area contributed by atoms with Gasteiger partial charge in [0.05, 0.1) is 11.7 Å². The van der Waals surface area contributed by atoms with E-state index in [0.717, 1.165) is 21.3 Å². The highest BCUT2D eigenvalue weighted by Crippen LogP contribution is 2.31. The molecule has 1 aromatic heterocycles. The molecule has 0 radical (unpaired) electrons. The molecule has 0 saturated heterocycles. The van der Waals surface area contributed by atoms with Gasteiger partial charge in [0, 0.05) is 16.0 Å². The molecule has 2 aromatic rings. The fraction of sp³-hybridized carbons (Fsp3) is 0.308. The smallest absolute Gasteiger partial charge is 0.110 e. The van der Waals surface area contributed by atoms with Crippen LogP contribution in [0.5, 0.6) is 0 Å². The maximum Gasteiger partial charge on any atom is 0.110 e. The second-order valence-electron chi connectivity index (χ2n) is 4.32. The lowest BCUT2D eigenvalue weighted by molar-refractivity contribution is 0.512. The maximum atomic E-state index is 6.14. The maximum absolute atomic E-state index is 6.14. The Morgan fingerprint density at radius 1 is 1.29 bits per heavy atom. The molecule has 90 valence electrons. The van der Waals surface area contributed by atoms with Gasteiger partial charge in [0.25, 0.3) is 0 Å². The Bertz CT molecular complexity index is 508. The van der Waals surface area contributed by atoms with Gasteiger partial charge < -0.3 is 5.73 Å². The summed E-state index contributed by atoms with van der Waals surface area (Å²) in [5.74, 6) is 0.389. The third-order valence-corrected chi connectivity index (χ3v) is 3.95. The Morgan fingerprint density at radius 2 is 2.00 bits per heavy atom. The zero-order valence-corrected chi connectivity index (χ0v) is 11.4. The molecule has 0 aliphatic carbocycles. The van der Waals surface area contributed by atoms with Crippen molar-refractivity contribution in [3.63, 3.8) is 0 Å². The quantitative estimate of drug-likeness (QED) is 0.908. The summed E-state index contributed by atoms with van der Waals surface area (Å²) in [6.07, 6.45) is 0. The van der Waals surface area contributed by atoms with Crippen LogP contribution in [0, 0.1) is 5.92 Å². The third-order valence-electron chi connectivity index (χ3n) is 2.68. The Labute approximate surface area is 110 Å². The Morgan fingerprint density at radius 3 is 2.65 bits per heavy atom. The van der Waals surface area contributed by atoms with Crippen LogP contribution in [0.4, 0.5) is 0 Å². The molecule has 1 unspecified atom stereocenters. The van der Waals surface area contributed by atoms with Crippen LogP contribution in [0.2, 0.25) is 5.02 Å². The highest BCUT2D eigenvalue weighted by Gasteiger charge is 2.15. The average molecular weight is 267 g/mol. The molecule has 2 N–H and O–H groups in total. The van der Waals surface area contributed by atoms with E-state index in [1.807, 2.05) is 29.6 Å². The zero-order chi connectivity index (χ0) is 12.4. The lowest BCUT2D eigenvalue weighted by Crippen LogP contribution is -2.16. The van der Waals surface area contributed by atoms with Gasteiger partial charge in [-0.05, 0) is 12.0 Å². The van der Waals surface area contributed by atoms with Crippen LogP contribution in [0.15, 0.2) is 29.6 Å². The van der Waals surface area contributed by atoms with Crippen LogP contribution < -0.4 is 5.73 Å². The van der Waals surface area contributed by atoms with E-state index in [1.165, 1.54) is 0 Å². The molecule has 1 aromatic carbocycles. The van der Waals surface area contributed by atoms with Crippen molar-refractivity contribution < 1.29 is 0 Å². The number of nitrogens with zero attached hydrogens (tertiary/aromatic N) is 1. The Balaban J connectivity index is 2.34. The molecule has 17 heavy (non-hydrogen) atoms. The minimum absolute atomic E-state index is 0.00348. The molecular formula is C13H15ClN2S. The lowest BCUT2D eigenvalue weighted by atomic mass is 10.1. The van der Waals surface area contributed by atoms with Crippen molar-refractivity contribution in [3.05, 3.63) is 39.7 Å². The van der Waals surface area contributed by atoms with Gasteiger partial charge in [0.1, 0.15) is 5.01 Å². The van der Waals surface area contributed by atoms with Gasteiger partial charge >= 0.3 is 0 Å². The van der Waals surface area contributed by atoms with Gasteiger partial charge in [-0.3, -0.25) is 0 Å². The summed E-state index contributed by atoms with van der Waals surface area (Å²) in [5, 5.41) is 3.70. The number of hydrogen-bond donors (Lipinski definition) is 1. The van der Waals surface area contributed by atoms with Crippen molar-refractivity contribution >= 4 is 22.9 Å². The molecule has 1 atom stereocenters. The summed E-state index contributed by atoms with van der Waals surface area (Å²) in [6, 6.07) is 7.72. The van der Waals surface area contributed by atoms with Crippen molar-refractivity contribution in [2.45, 2.75) is 19.9 Å². The second kappa shape index (κ2) is 5.17. The summed E-state index contributed by atoms with van der Waals surface area (Å²) < 4.78 is 0. The zero-order valence-electron chi connectivity index (χ0n) is 9.85. The molecule has 2 rings (SSSR count). The molecule has 0 saturated carbocycles. The molecular weight excluding hydrogens is 252 g/mol.